The van der Waals surface area contributed by atoms with Crippen LogP contribution in [0.1, 0.15) is 35.3 Å². The van der Waals surface area contributed by atoms with Crippen LogP contribution in [0.2, 0.25) is 5.02 Å². The van der Waals surface area contributed by atoms with Gasteiger partial charge in [-0.15, -0.1) is 0 Å². The number of hydrogen-bond acceptors (Lipinski definition) is 2. The smallest absolute Gasteiger partial charge is 0.264 e. The van der Waals surface area contributed by atoms with Crippen molar-refractivity contribution in [1.82, 2.24) is 0 Å². The number of carbonyl (C=O) groups excluding carboxylic acids is 1. The highest BCUT2D eigenvalue weighted by Crippen LogP contribution is 2.43. The molecule has 5 rings (SSSR count). The lowest BCUT2D eigenvalue weighted by Crippen LogP contribution is -2.31. The van der Waals surface area contributed by atoms with Gasteiger partial charge in [-0.2, -0.15) is 0 Å². The van der Waals surface area contributed by atoms with Gasteiger partial charge in [0.05, 0.1) is 16.9 Å². The van der Waals surface area contributed by atoms with Gasteiger partial charge in [0.15, 0.2) is 0 Å². The van der Waals surface area contributed by atoms with Crippen LogP contribution in [0.25, 0.3) is 10.8 Å². The predicted octanol–water partition coefficient (Wildman–Crippen LogP) is 5.88. The van der Waals surface area contributed by atoms with E-state index >= 15 is 0 Å². The van der Waals surface area contributed by atoms with E-state index in [-0.39, 0.29) is 5.91 Å². The van der Waals surface area contributed by atoms with Crippen molar-refractivity contribution in [3.63, 3.8) is 0 Å². The molecule has 4 heteroatoms. The SMILES string of the molecule is CC.Cc1cc2c(cc1Cl)C1=Nc3cccc4cccc(c34)N1C2=O. The van der Waals surface area contributed by atoms with Crippen LogP contribution < -0.4 is 4.90 Å². The molecule has 0 aliphatic carbocycles. The van der Waals surface area contributed by atoms with Gasteiger partial charge in [-0.3, -0.25) is 9.69 Å². The van der Waals surface area contributed by atoms with E-state index in [1.807, 2.05) is 69.3 Å². The van der Waals surface area contributed by atoms with E-state index in [2.05, 4.69) is 0 Å². The molecule has 2 aliphatic heterocycles. The average Bonchev–Trinajstić information content (AvgIpc) is 2.90. The van der Waals surface area contributed by atoms with Gasteiger partial charge in [0.1, 0.15) is 5.84 Å². The normalized spacial score (nSPS) is 13.8. The molecule has 3 nitrogen and oxygen atoms in total. The standard InChI is InChI=1S/C19H11ClN2O.C2H6/c1-10-8-13-12(9-14(10)20)18-21-15-6-2-4-11-5-3-7-16(17(11)15)22(18)19(13)23;1-2/h2-9H,1H3;1-2H3. The van der Waals surface area contributed by atoms with Crippen molar-refractivity contribution < 1.29 is 4.79 Å². The number of amides is 1. The predicted molar refractivity (Wildman–Crippen MR) is 104 cm³/mol. The molecule has 0 atom stereocenters. The van der Waals surface area contributed by atoms with Crippen LogP contribution in [0, 0.1) is 6.92 Å². The lowest BCUT2D eigenvalue weighted by molar-refractivity contribution is 0.101. The molecule has 1 amide bonds. The third-order valence-electron chi connectivity index (χ3n) is 4.51. The van der Waals surface area contributed by atoms with E-state index in [0.29, 0.717) is 16.4 Å². The van der Waals surface area contributed by atoms with E-state index in [1.54, 1.807) is 4.90 Å². The first kappa shape index (κ1) is 15.9. The largest absolute Gasteiger partial charge is 0.268 e. The minimum atomic E-state index is -0.0412. The number of rotatable bonds is 0. The number of nitrogens with zero attached hydrogens (tertiary/aromatic N) is 2. The maximum absolute atomic E-state index is 12.9. The molecule has 0 saturated heterocycles. The van der Waals surface area contributed by atoms with Crippen LogP contribution in [0.15, 0.2) is 53.5 Å². The molecule has 0 spiro atoms. The highest BCUT2D eigenvalue weighted by atomic mass is 35.5. The average molecular weight is 349 g/mol. The minimum Gasteiger partial charge on any atom is -0.268 e. The van der Waals surface area contributed by atoms with Gasteiger partial charge in [0.2, 0.25) is 0 Å². The molecule has 0 aromatic heterocycles. The van der Waals surface area contributed by atoms with Crippen molar-refractivity contribution in [2.45, 2.75) is 20.8 Å². The zero-order valence-corrected chi connectivity index (χ0v) is 15.1. The summed E-state index contributed by atoms with van der Waals surface area (Å²) in [5.74, 6) is 0.624. The van der Waals surface area contributed by atoms with Crippen LogP contribution in [0.4, 0.5) is 11.4 Å². The summed E-state index contributed by atoms with van der Waals surface area (Å²) in [5, 5.41) is 2.75. The van der Waals surface area contributed by atoms with Crippen LogP contribution in [0.3, 0.4) is 0 Å². The molecular weight excluding hydrogens is 332 g/mol. The first-order chi connectivity index (χ1) is 12.1. The quantitative estimate of drug-likeness (QED) is 0.499. The molecule has 0 saturated carbocycles. The highest BCUT2D eigenvalue weighted by molar-refractivity contribution is 6.41. The Bertz CT molecular complexity index is 1060. The number of fused-ring (bicyclic) bond motifs is 4. The van der Waals surface area contributed by atoms with E-state index in [0.717, 1.165) is 33.3 Å². The second kappa shape index (κ2) is 5.71. The fourth-order valence-corrected chi connectivity index (χ4v) is 3.57. The summed E-state index contributed by atoms with van der Waals surface area (Å²) in [7, 11) is 0. The molecule has 25 heavy (non-hydrogen) atoms. The summed E-state index contributed by atoms with van der Waals surface area (Å²) in [6, 6.07) is 15.7. The van der Waals surface area contributed by atoms with E-state index in [9.17, 15) is 4.79 Å². The number of aryl methyl sites for hydroxylation is 1. The molecule has 0 unspecified atom stereocenters. The first-order valence-corrected chi connectivity index (χ1v) is 8.78. The third-order valence-corrected chi connectivity index (χ3v) is 4.92. The fourth-order valence-electron chi connectivity index (χ4n) is 3.41. The van der Waals surface area contributed by atoms with Crippen molar-refractivity contribution in [2.75, 3.05) is 4.90 Å². The number of amidine groups is 1. The zero-order chi connectivity index (χ0) is 17.7. The Morgan fingerprint density at radius 3 is 2.48 bits per heavy atom. The summed E-state index contributed by atoms with van der Waals surface area (Å²) in [4.78, 5) is 19.4. The van der Waals surface area contributed by atoms with E-state index < -0.39 is 0 Å². The minimum absolute atomic E-state index is 0.0412. The second-order valence-corrected chi connectivity index (χ2v) is 6.28. The first-order valence-electron chi connectivity index (χ1n) is 8.40. The van der Waals surface area contributed by atoms with Gasteiger partial charge in [-0.25, -0.2) is 4.99 Å². The molecule has 3 aromatic rings. The lowest BCUT2D eigenvalue weighted by atomic mass is 10.0. The lowest BCUT2D eigenvalue weighted by Gasteiger charge is -2.24. The molecule has 0 bridgehead atoms. The van der Waals surface area contributed by atoms with Gasteiger partial charge < -0.3 is 0 Å². The molecule has 0 N–H and O–H groups in total. The zero-order valence-electron chi connectivity index (χ0n) is 14.3. The molecule has 2 heterocycles. The second-order valence-electron chi connectivity index (χ2n) is 5.88. The molecular formula is C21H17ClN2O. The summed E-state index contributed by atoms with van der Waals surface area (Å²) >= 11 is 6.27. The van der Waals surface area contributed by atoms with Crippen LogP contribution >= 0.6 is 11.6 Å². The maximum atomic E-state index is 12.9. The van der Waals surface area contributed by atoms with Gasteiger partial charge in [-0.05, 0) is 42.1 Å². The fraction of sp³-hybridized carbons (Fsp3) is 0.143. The van der Waals surface area contributed by atoms with E-state index in [1.165, 1.54) is 0 Å². The topological polar surface area (TPSA) is 32.7 Å². The van der Waals surface area contributed by atoms with Crippen LogP contribution in [0.5, 0.6) is 0 Å². The van der Waals surface area contributed by atoms with Crippen molar-refractivity contribution in [2.24, 2.45) is 4.99 Å². The Morgan fingerprint density at radius 1 is 1.00 bits per heavy atom. The molecule has 2 aliphatic rings. The summed E-state index contributed by atoms with van der Waals surface area (Å²) in [6.07, 6.45) is 0. The Balaban J connectivity index is 0.000000758. The summed E-state index contributed by atoms with van der Waals surface area (Å²) < 4.78 is 0. The Kier molecular flexibility index (Phi) is 3.62. The number of benzene rings is 3. The van der Waals surface area contributed by atoms with Crippen molar-refractivity contribution in [3.05, 3.63) is 70.2 Å². The summed E-state index contributed by atoms with van der Waals surface area (Å²) in [6.45, 7) is 5.91. The number of hydrogen-bond donors (Lipinski definition) is 0. The third kappa shape index (κ3) is 2.12. The molecule has 0 fully saturated rings. The number of carbonyl (C=O) groups is 1. The van der Waals surface area contributed by atoms with Gasteiger partial charge in [0.25, 0.3) is 5.91 Å². The Hall–Kier alpha value is -2.65. The van der Waals surface area contributed by atoms with Crippen molar-refractivity contribution in [1.29, 1.82) is 0 Å². The highest BCUT2D eigenvalue weighted by Gasteiger charge is 2.38. The van der Waals surface area contributed by atoms with Gasteiger partial charge in [0, 0.05) is 16.0 Å². The van der Waals surface area contributed by atoms with Gasteiger partial charge in [-0.1, -0.05) is 49.7 Å². The van der Waals surface area contributed by atoms with Crippen molar-refractivity contribution in [3.8, 4) is 0 Å². The number of halogens is 1. The molecule has 3 aromatic carbocycles. The van der Waals surface area contributed by atoms with Gasteiger partial charge >= 0.3 is 0 Å². The molecule has 0 radical (unpaired) electrons. The van der Waals surface area contributed by atoms with Crippen molar-refractivity contribution >= 4 is 45.5 Å². The van der Waals surface area contributed by atoms with Crippen LogP contribution in [-0.4, -0.2) is 11.7 Å². The number of anilines is 1. The maximum Gasteiger partial charge on any atom is 0.264 e. The van der Waals surface area contributed by atoms with E-state index in [4.69, 9.17) is 16.6 Å². The summed E-state index contributed by atoms with van der Waals surface area (Å²) in [5.41, 5.74) is 4.14. The molecule has 124 valence electrons. The Morgan fingerprint density at radius 2 is 1.72 bits per heavy atom. The monoisotopic (exact) mass is 348 g/mol. The van der Waals surface area contributed by atoms with Crippen LogP contribution in [-0.2, 0) is 0 Å². The number of aliphatic imine (C=N–C) groups is 1. The Labute approximate surface area is 151 Å².